The third-order valence-electron chi connectivity index (χ3n) is 6.80. The van der Waals surface area contributed by atoms with Gasteiger partial charge in [-0.1, -0.05) is 75.2 Å². The number of phenols is 2. The summed E-state index contributed by atoms with van der Waals surface area (Å²) >= 11 is 0. The first-order valence-electron chi connectivity index (χ1n) is 14.6. The normalized spacial score (nSPS) is 10.3. The Morgan fingerprint density at radius 1 is 0.595 bits per heavy atom. The first-order valence-corrected chi connectivity index (χ1v) is 14.6. The van der Waals surface area contributed by atoms with Crippen molar-refractivity contribution in [3.05, 3.63) is 143 Å². The largest absolute Gasteiger partial charge is 3.00 e. The van der Waals surface area contributed by atoms with Gasteiger partial charge < -0.3 is 15.5 Å². The molecule has 0 saturated carbocycles. The van der Waals surface area contributed by atoms with Crippen LogP contribution in [0.5, 0.6) is 11.5 Å². The summed E-state index contributed by atoms with van der Waals surface area (Å²) in [7, 11) is 0. The van der Waals surface area contributed by atoms with Gasteiger partial charge in [-0.25, -0.2) is 0 Å². The maximum Gasteiger partial charge on any atom is 3.00 e. The molecule has 4 aromatic rings. The standard InChI is InChI=1S/C24H35NO2.2C7H7.Zr/c1-15(2)21-13-17(5)11-19(23(21)26)7-9-25-10-8-20-12-18(6)14-22(16(3)4)24(20)27;2*1-7-5-3-2-4-6-7;/h11-16,25-27H,7-10H2,1-6H3;2*2-6H,1H2;/q;2*-1;+3. The number of rotatable bonds is 8. The molecule has 0 saturated heterocycles. The fourth-order valence-electron chi connectivity index (χ4n) is 4.56. The van der Waals surface area contributed by atoms with Crippen LogP contribution in [0.2, 0.25) is 0 Å². The quantitative estimate of drug-likeness (QED) is 0.133. The first kappa shape index (κ1) is 37.1. The Hall–Kier alpha value is -2.94. The summed E-state index contributed by atoms with van der Waals surface area (Å²) in [5.41, 5.74) is 8.59. The first-order chi connectivity index (χ1) is 19.5. The topological polar surface area (TPSA) is 52.5 Å². The van der Waals surface area contributed by atoms with Gasteiger partial charge in [-0.3, -0.25) is 0 Å². The number of hydrogen-bond acceptors (Lipinski definition) is 3. The Morgan fingerprint density at radius 2 is 0.929 bits per heavy atom. The van der Waals surface area contributed by atoms with Crippen LogP contribution in [0.1, 0.15) is 84.0 Å². The molecule has 0 unspecified atom stereocenters. The van der Waals surface area contributed by atoms with Crippen LogP contribution in [0.15, 0.2) is 84.9 Å². The molecule has 4 rings (SSSR count). The predicted octanol–water partition coefficient (Wildman–Crippen LogP) is 9.07. The van der Waals surface area contributed by atoms with Crippen LogP contribution >= 0.6 is 0 Å². The third-order valence-corrected chi connectivity index (χ3v) is 6.80. The molecule has 1 radical (unpaired) electrons. The van der Waals surface area contributed by atoms with Gasteiger partial charge in [0.25, 0.3) is 0 Å². The van der Waals surface area contributed by atoms with Crippen molar-refractivity contribution in [2.75, 3.05) is 13.1 Å². The molecule has 221 valence electrons. The Morgan fingerprint density at radius 3 is 1.19 bits per heavy atom. The number of aromatic hydroxyl groups is 2. The summed E-state index contributed by atoms with van der Waals surface area (Å²) in [5, 5.41) is 24.5. The van der Waals surface area contributed by atoms with E-state index in [9.17, 15) is 10.2 Å². The van der Waals surface area contributed by atoms with E-state index in [0.717, 1.165) is 59.3 Å². The molecule has 3 nitrogen and oxygen atoms in total. The summed E-state index contributed by atoms with van der Waals surface area (Å²) < 4.78 is 0. The van der Waals surface area contributed by atoms with Crippen LogP contribution in [0.4, 0.5) is 0 Å². The minimum absolute atomic E-state index is 0. The van der Waals surface area contributed by atoms with E-state index in [1.807, 2.05) is 60.7 Å². The van der Waals surface area contributed by atoms with Gasteiger partial charge in [-0.15, -0.1) is 24.3 Å². The Bertz CT molecular complexity index is 1220. The second kappa shape index (κ2) is 19.3. The van der Waals surface area contributed by atoms with Crippen LogP contribution < -0.4 is 5.32 Å². The summed E-state index contributed by atoms with van der Waals surface area (Å²) in [6, 6.07) is 28.0. The van der Waals surface area contributed by atoms with Crippen molar-refractivity contribution in [3.63, 3.8) is 0 Å². The van der Waals surface area contributed by atoms with E-state index < -0.39 is 0 Å². The monoisotopic (exact) mass is 641 g/mol. The van der Waals surface area contributed by atoms with Crippen LogP contribution in [-0.4, -0.2) is 23.3 Å². The molecule has 0 fully saturated rings. The minimum Gasteiger partial charge on any atom is -0.507 e. The molecule has 0 aliphatic rings. The average molecular weight is 643 g/mol. The van der Waals surface area contributed by atoms with Crippen molar-refractivity contribution >= 4 is 0 Å². The molecule has 4 heteroatoms. The van der Waals surface area contributed by atoms with E-state index >= 15 is 0 Å². The fraction of sp³-hybridized carbons (Fsp3) is 0.316. The smallest absolute Gasteiger partial charge is 0.507 e. The van der Waals surface area contributed by atoms with E-state index in [2.05, 4.69) is 85.0 Å². The minimum atomic E-state index is 0. The SMILES string of the molecule is Cc1cc(CCNCCc2cc(C)cc(C(C)C)c2O)c(O)c(C(C)C)c1.[CH2-]c1ccccc1.[CH2-]c1ccccc1.[Zr+3]. The molecule has 0 atom stereocenters. The van der Waals surface area contributed by atoms with Crippen molar-refractivity contribution in [3.8, 4) is 11.5 Å². The zero-order valence-corrected chi connectivity index (χ0v) is 28.8. The second-order valence-electron chi connectivity index (χ2n) is 11.3. The van der Waals surface area contributed by atoms with Gasteiger partial charge in [-0.2, -0.15) is 49.2 Å². The van der Waals surface area contributed by atoms with Crippen LogP contribution in [0.25, 0.3) is 0 Å². The number of nitrogens with one attached hydrogen (secondary N) is 1. The summed E-state index contributed by atoms with van der Waals surface area (Å²) in [4.78, 5) is 0. The van der Waals surface area contributed by atoms with Crippen LogP contribution in [0, 0.1) is 27.7 Å². The Labute approximate surface area is 274 Å². The molecule has 0 aliphatic heterocycles. The van der Waals surface area contributed by atoms with E-state index in [-0.39, 0.29) is 26.2 Å². The van der Waals surface area contributed by atoms with Crippen molar-refractivity contribution < 1.29 is 36.4 Å². The molecule has 0 heterocycles. The number of benzene rings is 4. The maximum absolute atomic E-state index is 10.5. The van der Waals surface area contributed by atoms with Gasteiger partial charge >= 0.3 is 26.2 Å². The van der Waals surface area contributed by atoms with E-state index in [1.54, 1.807) is 0 Å². The predicted molar refractivity (Wildman–Crippen MR) is 176 cm³/mol. The number of aryl methyl sites for hydroxylation is 2. The van der Waals surface area contributed by atoms with E-state index in [0.29, 0.717) is 23.3 Å². The van der Waals surface area contributed by atoms with Gasteiger partial charge in [0.05, 0.1) is 0 Å². The summed E-state index contributed by atoms with van der Waals surface area (Å²) in [6.45, 7) is 21.6. The third kappa shape index (κ3) is 12.9. The fourth-order valence-corrected chi connectivity index (χ4v) is 4.56. The summed E-state index contributed by atoms with van der Waals surface area (Å²) in [5.74, 6) is 1.51. The zero-order chi connectivity index (χ0) is 30.4. The molecule has 42 heavy (non-hydrogen) atoms. The van der Waals surface area contributed by atoms with Crippen molar-refractivity contribution in [1.29, 1.82) is 0 Å². The molecule has 3 N–H and O–H groups in total. The van der Waals surface area contributed by atoms with Crippen molar-refractivity contribution in [2.24, 2.45) is 0 Å². The van der Waals surface area contributed by atoms with E-state index in [1.165, 1.54) is 11.1 Å². The van der Waals surface area contributed by atoms with Gasteiger partial charge in [0.1, 0.15) is 11.5 Å². The second-order valence-corrected chi connectivity index (χ2v) is 11.3. The molecular formula is C38H49NO2Zr+. The zero-order valence-electron chi connectivity index (χ0n) is 26.4. The molecule has 0 amide bonds. The molecule has 0 aliphatic carbocycles. The van der Waals surface area contributed by atoms with Gasteiger partial charge in [-0.05, 0) is 73.9 Å². The van der Waals surface area contributed by atoms with Crippen LogP contribution in [-0.2, 0) is 39.0 Å². The van der Waals surface area contributed by atoms with Gasteiger partial charge in [0.15, 0.2) is 0 Å². The molecular weight excluding hydrogens is 594 g/mol. The van der Waals surface area contributed by atoms with E-state index in [4.69, 9.17) is 0 Å². The van der Waals surface area contributed by atoms with Crippen molar-refractivity contribution in [2.45, 2.75) is 66.2 Å². The molecule has 0 bridgehead atoms. The molecule has 0 spiro atoms. The van der Waals surface area contributed by atoms with Gasteiger partial charge in [0.2, 0.25) is 0 Å². The number of hydrogen-bond donors (Lipinski definition) is 3. The Balaban J connectivity index is 0.000000476. The molecule has 4 aromatic carbocycles. The average Bonchev–Trinajstić information content (AvgIpc) is 2.93. The van der Waals surface area contributed by atoms with Gasteiger partial charge in [0, 0.05) is 0 Å². The maximum atomic E-state index is 10.5. The Kier molecular flexibility index (Phi) is 17.0. The van der Waals surface area contributed by atoms with Crippen molar-refractivity contribution in [1.82, 2.24) is 5.32 Å². The number of phenolic OH excluding ortho intramolecular Hbond substituents is 2. The van der Waals surface area contributed by atoms with Crippen LogP contribution in [0.3, 0.4) is 0 Å². The summed E-state index contributed by atoms with van der Waals surface area (Å²) in [6.07, 6.45) is 1.59. The molecule has 0 aromatic heterocycles.